The number of nitrogens with one attached hydrogen (secondary N) is 1. The van der Waals surface area contributed by atoms with Crippen LogP contribution in [-0.2, 0) is 14.6 Å². The molecule has 1 amide bonds. The second kappa shape index (κ2) is 8.24. The third kappa shape index (κ3) is 5.32. The first-order valence-electron chi connectivity index (χ1n) is 8.03. The molecule has 0 aliphatic rings. The van der Waals surface area contributed by atoms with Crippen LogP contribution in [0.1, 0.15) is 0 Å². The predicted octanol–water partition coefficient (Wildman–Crippen LogP) is 4.54. The zero-order chi connectivity index (χ0) is 19.3. The largest absolute Gasteiger partial charge is 0.457 e. The van der Waals surface area contributed by atoms with Crippen LogP contribution >= 0.6 is 11.6 Å². The Hall–Kier alpha value is -2.83. The van der Waals surface area contributed by atoms with Crippen molar-refractivity contribution in [3.63, 3.8) is 0 Å². The average molecular weight is 402 g/mol. The van der Waals surface area contributed by atoms with E-state index < -0.39 is 21.5 Å². The van der Waals surface area contributed by atoms with E-state index in [1.807, 2.05) is 30.3 Å². The molecule has 138 valence electrons. The van der Waals surface area contributed by atoms with Crippen LogP contribution in [0.5, 0.6) is 11.5 Å². The molecule has 0 heterocycles. The van der Waals surface area contributed by atoms with Gasteiger partial charge in [-0.05, 0) is 60.7 Å². The minimum absolute atomic E-state index is 0.0497. The molecule has 7 heteroatoms. The molecule has 0 fully saturated rings. The van der Waals surface area contributed by atoms with Gasteiger partial charge in [0.25, 0.3) is 0 Å². The van der Waals surface area contributed by atoms with Gasteiger partial charge in [0.2, 0.25) is 5.91 Å². The zero-order valence-corrected chi connectivity index (χ0v) is 15.7. The van der Waals surface area contributed by atoms with E-state index in [1.54, 1.807) is 24.3 Å². The Kier molecular flexibility index (Phi) is 5.78. The van der Waals surface area contributed by atoms with Gasteiger partial charge in [-0.3, -0.25) is 4.79 Å². The van der Waals surface area contributed by atoms with Crippen LogP contribution < -0.4 is 10.1 Å². The molecule has 0 spiro atoms. The van der Waals surface area contributed by atoms with Crippen molar-refractivity contribution >= 4 is 33.0 Å². The quantitative estimate of drug-likeness (QED) is 0.657. The number of carbonyl (C=O) groups excluding carboxylic acids is 1. The van der Waals surface area contributed by atoms with Crippen molar-refractivity contribution in [2.24, 2.45) is 0 Å². The first-order chi connectivity index (χ1) is 12.9. The van der Waals surface area contributed by atoms with Crippen molar-refractivity contribution < 1.29 is 17.9 Å². The molecular formula is C20H16ClNO4S. The summed E-state index contributed by atoms with van der Waals surface area (Å²) in [5.41, 5.74) is 0.478. The normalized spacial score (nSPS) is 11.0. The fourth-order valence-electron chi connectivity index (χ4n) is 2.33. The van der Waals surface area contributed by atoms with Crippen molar-refractivity contribution in [3.8, 4) is 11.5 Å². The van der Waals surface area contributed by atoms with Gasteiger partial charge in [0.15, 0.2) is 9.84 Å². The molecule has 0 saturated carbocycles. The van der Waals surface area contributed by atoms with E-state index >= 15 is 0 Å². The number of benzene rings is 3. The maximum atomic E-state index is 12.3. The number of para-hydroxylation sites is 1. The van der Waals surface area contributed by atoms with E-state index in [4.69, 9.17) is 16.3 Å². The van der Waals surface area contributed by atoms with Crippen LogP contribution in [0.4, 0.5) is 5.69 Å². The molecule has 5 nitrogen and oxygen atoms in total. The van der Waals surface area contributed by atoms with Gasteiger partial charge in [-0.25, -0.2) is 8.42 Å². The van der Waals surface area contributed by atoms with Gasteiger partial charge in [0.1, 0.15) is 17.3 Å². The zero-order valence-electron chi connectivity index (χ0n) is 14.1. The number of amides is 1. The maximum Gasteiger partial charge on any atom is 0.239 e. The Morgan fingerprint density at radius 3 is 2.07 bits per heavy atom. The summed E-state index contributed by atoms with van der Waals surface area (Å²) in [6, 6.07) is 21.6. The Morgan fingerprint density at radius 1 is 0.852 bits per heavy atom. The average Bonchev–Trinajstić information content (AvgIpc) is 2.64. The summed E-state index contributed by atoms with van der Waals surface area (Å²) in [7, 11) is -3.74. The SMILES string of the molecule is O=C(CS(=O)(=O)c1ccc(Cl)cc1)Nc1ccc(Oc2ccccc2)cc1. The minimum Gasteiger partial charge on any atom is -0.457 e. The van der Waals surface area contributed by atoms with Gasteiger partial charge in [0.05, 0.1) is 4.90 Å². The van der Waals surface area contributed by atoms with Gasteiger partial charge < -0.3 is 10.1 Å². The molecule has 0 atom stereocenters. The maximum absolute atomic E-state index is 12.3. The number of halogens is 1. The van der Waals surface area contributed by atoms with E-state index in [0.717, 1.165) is 0 Å². The van der Waals surface area contributed by atoms with E-state index in [1.165, 1.54) is 24.3 Å². The lowest BCUT2D eigenvalue weighted by atomic mass is 10.3. The highest BCUT2D eigenvalue weighted by molar-refractivity contribution is 7.92. The molecule has 0 aromatic heterocycles. The van der Waals surface area contributed by atoms with E-state index in [-0.39, 0.29) is 4.90 Å². The summed E-state index contributed by atoms with van der Waals surface area (Å²) in [5, 5.41) is 3.00. The molecule has 0 aliphatic carbocycles. The van der Waals surface area contributed by atoms with Crippen LogP contribution in [0.25, 0.3) is 0 Å². The molecule has 3 aromatic rings. The van der Waals surface area contributed by atoms with Gasteiger partial charge in [-0.15, -0.1) is 0 Å². The molecule has 1 N–H and O–H groups in total. The lowest BCUT2D eigenvalue weighted by Gasteiger charge is -2.09. The van der Waals surface area contributed by atoms with Gasteiger partial charge in [-0.1, -0.05) is 29.8 Å². The van der Waals surface area contributed by atoms with Crippen molar-refractivity contribution in [3.05, 3.63) is 83.9 Å². The van der Waals surface area contributed by atoms with Crippen molar-refractivity contribution in [2.45, 2.75) is 4.90 Å². The first kappa shape index (κ1) is 18.9. The molecule has 3 aromatic carbocycles. The summed E-state index contributed by atoms with van der Waals surface area (Å²) in [6.07, 6.45) is 0. The van der Waals surface area contributed by atoms with E-state index in [9.17, 15) is 13.2 Å². The van der Waals surface area contributed by atoms with Crippen LogP contribution in [0.2, 0.25) is 5.02 Å². The Morgan fingerprint density at radius 2 is 1.44 bits per heavy atom. The number of carbonyl (C=O) groups is 1. The third-order valence-corrected chi connectivity index (χ3v) is 5.50. The smallest absolute Gasteiger partial charge is 0.239 e. The molecule has 0 aliphatic heterocycles. The molecule has 0 radical (unpaired) electrons. The lowest BCUT2D eigenvalue weighted by Crippen LogP contribution is -2.22. The number of rotatable bonds is 6. The summed E-state index contributed by atoms with van der Waals surface area (Å²) in [4.78, 5) is 12.1. The van der Waals surface area contributed by atoms with Crippen molar-refractivity contribution in [1.82, 2.24) is 0 Å². The monoisotopic (exact) mass is 401 g/mol. The van der Waals surface area contributed by atoms with Crippen LogP contribution in [0.3, 0.4) is 0 Å². The highest BCUT2D eigenvalue weighted by Gasteiger charge is 2.19. The number of hydrogen-bond donors (Lipinski definition) is 1. The molecule has 27 heavy (non-hydrogen) atoms. The van der Waals surface area contributed by atoms with E-state index in [0.29, 0.717) is 22.2 Å². The van der Waals surface area contributed by atoms with Crippen molar-refractivity contribution in [2.75, 3.05) is 11.1 Å². The Bertz CT molecular complexity index is 1020. The molecular weight excluding hydrogens is 386 g/mol. The number of hydrogen-bond acceptors (Lipinski definition) is 4. The highest BCUT2D eigenvalue weighted by atomic mass is 35.5. The Labute approximate surface area is 162 Å². The number of sulfone groups is 1. The highest BCUT2D eigenvalue weighted by Crippen LogP contribution is 2.23. The van der Waals surface area contributed by atoms with Gasteiger partial charge in [0, 0.05) is 10.7 Å². The molecule has 0 bridgehead atoms. The summed E-state index contributed by atoms with van der Waals surface area (Å²) in [6.45, 7) is 0. The van der Waals surface area contributed by atoms with Crippen molar-refractivity contribution in [1.29, 1.82) is 0 Å². The minimum atomic E-state index is -3.74. The summed E-state index contributed by atoms with van der Waals surface area (Å²) < 4.78 is 30.2. The topological polar surface area (TPSA) is 72.5 Å². The molecule has 0 unspecified atom stereocenters. The predicted molar refractivity (Wildman–Crippen MR) is 105 cm³/mol. The summed E-state index contributed by atoms with van der Waals surface area (Å²) in [5.74, 6) is 0.0229. The first-order valence-corrected chi connectivity index (χ1v) is 10.1. The third-order valence-electron chi connectivity index (χ3n) is 3.61. The van der Waals surface area contributed by atoms with Gasteiger partial charge in [-0.2, -0.15) is 0 Å². The molecule has 0 saturated heterocycles. The van der Waals surface area contributed by atoms with Crippen LogP contribution in [-0.4, -0.2) is 20.1 Å². The Balaban J connectivity index is 1.61. The fraction of sp³-hybridized carbons (Fsp3) is 0.0500. The number of anilines is 1. The fourth-order valence-corrected chi connectivity index (χ4v) is 3.59. The summed E-state index contributed by atoms with van der Waals surface area (Å²) >= 11 is 5.75. The van der Waals surface area contributed by atoms with Gasteiger partial charge >= 0.3 is 0 Å². The van der Waals surface area contributed by atoms with Crippen LogP contribution in [0, 0.1) is 0 Å². The lowest BCUT2D eigenvalue weighted by molar-refractivity contribution is -0.113. The van der Waals surface area contributed by atoms with Crippen LogP contribution in [0.15, 0.2) is 83.8 Å². The standard InChI is InChI=1S/C20H16ClNO4S/c21-15-6-12-19(13-7-15)27(24,25)14-20(23)22-16-8-10-18(11-9-16)26-17-4-2-1-3-5-17/h1-13H,14H2,(H,22,23). The number of ether oxygens (including phenoxy) is 1. The van der Waals surface area contributed by atoms with E-state index in [2.05, 4.69) is 5.32 Å². The molecule has 3 rings (SSSR count). The second-order valence-corrected chi connectivity index (χ2v) is 8.13. The second-order valence-electron chi connectivity index (χ2n) is 5.70.